The molecule has 0 saturated heterocycles. The molecule has 4 aromatic rings. The number of thiazole rings is 1. The average Bonchev–Trinajstić information content (AvgIpc) is 3.29. The predicted molar refractivity (Wildman–Crippen MR) is 115 cm³/mol. The Morgan fingerprint density at radius 3 is 2.57 bits per heavy atom. The van der Waals surface area contributed by atoms with Crippen molar-refractivity contribution in [2.75, 3.05) is 11.9 Å². The van der Waals surface area contributed by atoms with Crippen LogP contribution in [0.5, 0.6) is 0 Å². The molecule has 7 nitrogen and oxygen atoms in total. The lowest BCUT2D eigenvalue weighted by Gasteiger charge is -2.07. The fourth-order valence-corrected chi connectivity index (χ4v) is 4.10. The number of ether oxygens (including phenoxy) is 1. The van der Waals surface area contributed by atoms with Gasteiger partial charge in [0.2, 0.25) is 0 Å². The summed E-state index contributed by atoms with van der Waals surface area (Å²) >= 11 is 1.63. The molecule has 0 atom stereocenters. The maximum atomic E-state index is 12.1. The summed E-state index contributed by atoms with van der Waals surface area (Å²) in [5.74, 6) is -0.709. The van der Waals surface area contributed by atoms with Crippen LogP contribution in [0, 0.1) is 20.8 Å². The number of aryl methyl sites for hydroxylation is 3. The molecule has 4 rings (SSSR count). The van der Waals surface area contributed by atoms with Gasteiger partial charge in [0.05, 0.1) is 15.9 Å². The molecule has 0 fully saturated rings. The number of carbonyl (C=O) groups is 2. The summed E-state index contributed by atoms with van der Waals surface area (Å²) in [6, 6.07) is 13.6. The van der Waals surface area contributed by atoms with Crippen molar-refractivity contribution in [3.8, 4) is 10.6 Å². The standard InChI is InChI=1S/C22H19N3O4S/c1-12-4-9-17-18(10-12)30-21(24-17)15-5-7-16(8-6-15)23-19(26)11-28-22(27)20-13(2)25-29-14(20)3/h4-10H,11H2,1-3H3,(H,23,26). The quantitative estimate of drug-likeness (QED) is 0.471. The maximum Gasteiger partial charge on any atom is 0.344 e. The van der Waals surface area contributed by atoms with Gasteiger partial charge in [0.15, 0.2) is 6.61 Å². The van der Waals surface area contributed by atoms with Gasteiger partial charge in [-0.3, -0.25) is 4.79 Å². The molecule has 1 amide bonds. The first-order chi connectivity index (χ1) is 14.4. The molecular formula is C22H19N3O4S. The number of rotatable bonds is 5. The molecular weight excluding hydrogens is 402 g/mol. The van der Waals surface area contributed by atoms with Crippen LogP contribution in [-0.2, 0) is 9.53 Å². The number of benzene rings is 2. The zero-order valence-electron chi connectivity index (χ0n) is 16.7. The van der Waals surface area contributed by atoms with Gasteiger partial charge in [-0.2, -0.15) is 0 Å². The van der Waals surface area contributed by atoms with E-state index in [1.165, 1.54) is 5.56 Å². The summed E-state index contributed by atoms with van der Waals surface area (Å²) in [7, 11) is 0. The monoisotopic (exact) mass is 421 g/mol. The number of esters is 1. The van der Waals surface area contributed by atoms with Gasteiger partial charge >= 0.3 is 5.97 Å². The molecule has 2 aromatic carbocycles. The van der Waals surface area contributed by atoms with Crippen LogP contribution < -0.4 is 5.32 Å². The van der Waals surface area contributed by atoms with Crippen molar-refractivity contribution >= 4 is 39.1 Å². The Morgan fingerprint density at radius 2 is 1.87 bits per heavy atom. The highest BCUT2D eigenvalue weighted by molar-refractivity contribution is 7.21. The van der Waals surface area contributed by atoms with E-state index in [9.17, 15) is 9.59 Å². The van der Waals surface area contributed by atoms with Gasteiger partial charge in [0, 0.05) is 11.3 Å². The number of fused-ring (bicyclic) bond motifs is 1. The molecule has 2 aromatic heterocycles. The molecule has 1 N–H and O–H groups in total. The Balaban J connectivity index is 1.38. The smallest absolute Gasteiger partial charge is 0.344 e. The van der Waals surface area contributed by atoms with E-state index in [0.29, 0.717) is 17.1 Å². The van der Waals surface area contributed by atoms with Gasteiger partial charge in [-0.1, -0.05) is 11.2 Å². The second-order valence-electron chi connectivity index (χ2n) is 6.89. The molecule has 2 heterocycles. The van der Waals surface area contributed by atoms with E-state index in [2.05, 4.69) is 28.4 Å². The molecule has 152 valence electrons. The zero-order valence-corrected chi connectivity index (χ0v) is 17.5. The first-order valence-electron chi connectivity index (χ1n) is 9.28. The van der Waals surface area contributed by atoms with E-state index in [4.69, 9.17) is 9.26 Å². The van der Waals surface area contributed by atoms with Gasteiger partial charge in [-0.05, 0) is 62.7 Å². The predicted octanol–water partition coefficient (Wildman–Crippen LogP) is 4.67. The summed E-state index contributed by atoms with van der Waals surface area (Å²) in [5.41, 5.74) is 4.42. The maximum absolute atomic E-state index is 12.1. The van der Waals surface area contributed by atoms with Gasteiger partial charge in [-0.25, -0.2) is 9.78 Å². The lowest BCUT2D eigenvalue weighted by Crippen LogP contribution is -2.21. The number of carbonyl (C=O) groups excluding carboxylic acids is 2. The SMILES string of the molecule is Cc1ccc2nc(-c3ccc(NC(=O)COC(=O)c4c(C)noc4C)cc3)sc2c1. The second-order valence-corrected chi connectivity index (χ2v) is 7.92. The highest BCUT2D eigenvalue weighted by atomic mass is 32.1. The van der Waals surface area contributed by atoms with Crippen LogP contribution >= 0.6 is 11.3 Å². The Morgan fingerprint density at radius 1 is 1.10 bits per heavy atom. The fourth-order valence-electron chi connectivity index (χ4n) is 3.03. The summed E-state index contributed by atoms with van der Waals surface area (Å²) in [5, 5.41) is 7.33. The number of hydrogen-bond acceptors (Lipinski definition) is 7. The molecule has 0 unspecified atom stereocenters. The van der Waals surface area contributed by atoms with Crippen molar-refractivity contribution in [1.82, 2.24) is 10.1 Å². The molecule has 30 heavy (non-hydrogen) atoms. The first kappa shape index (κ1) is 19.8. The Bertz CT molecular complexity index is 1220. The van der Waals surface area contributed by atoms with Crippen molar-refractivity contribution in [3.05, 3.63) is 65.0 Å². The largest absolute Gasteiger partial charge is 0.452 e. The van der Waals surface area contributed by atoms with Crippen molar-refractivity contribution in [3.63, 3.8) is 0 Å². The van der Waals surface area contributed by atoms with Crippen LogP contribution in [-0.4, -0.2) is 28.6 Å². The van der Waals surface area contributed by atoms with Crippen LogP contribution in [0.3, 0.4) is 0 Å². The third-order valence-electron chi connectivity index (χ3n) is 4.53. The lowest BCUT2D eigenvalue weighted by molar-refractivity contribution is -0.119. The van der Waals surface area contributed by atoms with Crippen LogP contribution in [0.1, 0.15) is 27.4 Å². The molecule has 0 saturated carbocycles. The van der Waals surface area contributed by atoms with E-state index < -0.39 is 18.5 Å². The van der Waals surface area contributed by atoms with Crippen LogP contribution in [0.2, 0.25) is 0 Å². The Labute approximate surface area is 176 Å². The van der Waals surface area contributed by atoms with Gasteiger partial charge < -0.3 is 14.6 Å². The van der Waals surface area contributed by atoms with Crippen molar-refractivity contribution in [1.29, 1.82) is 0 Å². The molecule has 0 aliphatic heterocycles. The highest BCUT2D eigenvalue weighted by Crippen LogP contribution is 2.31. The van der Waals surface area contributed by atoms with Crippen molar-refractivity contribution < 1.29 is 18.8 Å². The zero-order chi connectivity index (χ0) is 21.3. The van der Waals surface area contributed by atoms with E-state index >= 15 is 0 Å². The number of nitrogens with one attached hydrogen (secondary N) is 1. The number of hydrogen-bond donors (Lipinski definition) is 1. The van der Waals surface area contributed by atoms with E-state index in [-0.39, 0.29) is 5.56 Å². The number of aromatic nitrogens is 2. The third kappa shape index (κ3) is 4.08. The minimum Gasteiger partial charge on any atom is -0.452 e. The molecule has 0 radical (unpaired) electrons. The average molecular weight is 421 g/mol. The molecule has 8 heteroatoms. The Hall–Kier alpha value is -3.52. The van der Waals surface area contributed by atoms with Crippen molar-refractivity contribution in [2.45, 2.75) is 20.8 Å². The molecule has 0 aliphatic carbocycles. The lowest BCUT2D eigenvalue weighted by atomic mass is 10.2. The first-order valence-corrected chi connectivity index (χ1v) is 10.1. The molecule has 0 spiro atoms. The number of amides is 1. The van der Waals surface area contributed by atoms with E-state index in [1.54, 1.807) is 37.3 Å². The van der Waals surface area contributed by atoms with Crippen LogP contribution in [0.15, 0.2) is 47.0 Å². The summed E-state index contributed by atoms with van der Waals surface area (Å²) in [6.45, 7) is 4.91. The number of nitrogens with zero attached hydrogens (tertiary/aromatic N) is 2. The van der Waals surface area contributed by atoms with Gasteiger partial charge in [-0.15, -0.1) is 11.3 Å². The molecule has 0 bridgehead atoms. The summed E-state index contributed by atoms with van der Waals surface area (Å²) < 4.78 is 11.1. The number of anilines is 1. The van der Waals surface area contributed by atoms with Crippen LogP contribution in [0.25, 0.3) is 20.8 Å². The van der Waals surface area contributed by atoms with Gasteiger partial charge in [0.1, 0.15) is 16.3 Å². The van der Waals surface area contributed by atoms with E-state index in [0.717, 1.165) is 20.8 Å². The summed E-state index contributed by atoms with van der Waals surface area (Å²) in [6.07, 6.45) is 0. The topological polar surface area (TPSA) is 94.3 Å². The fraction of sp³-hybridized carbons (Fsp3) is 0.182. The minimum atomic E-state index is -0.636. The van der Waals surface area contributed by atoms with Gasteiger partial charge in [0.25, 0.3) is 5.91 Å². The second kappa shape index (κ2) is 8.08. The summed E-state index contributed by atoms with van der Waals surface area (Å²) in [4.78, 5) is 28.9. The molecule has 0 aliphatic rings. The normalized spacial score (nSPS) is 10.9. The minimum absolute atomic E-state index is 0.248. The van der Waals surface area contributed by atoms with E-state index in [1.807, 2.05) is 24.3 Å². The van der Waals surface area contributed by atoms with Crippen molar-refractivity contribution in [2.24, 2.45) is 0 Å². The van der Waals surface area contributed by atoms with Crippen LogP contribution in [0.4, 0.5) is 5.69 Å². The highest BCUT2D eigenvalue weighted by Gasteiger charge is 2.20. The Kier molecular flexibility index (Phi) is 5.33. The third-order valence-corrected chi connectivity index (χ3v) is 5.60.